The number of ether oxygens (including phenoxy) is 2. The summed E-state index contributed by atoms with van der Waals surface area (Å²) in [6, 6.07) is 7.09. The van der Waals surface area contributed by atoms with Crippen LogP contribution in [0, 0.1) is 6.57 Å². The zero-order chi connectivity index (χ0) is 13.4. The van der Waals surface area contributed by atoms with Gasteiger partial charge in [-0.25, -0.2) is 4.85 Å². The minimum atomic E-state index is -0.581. The van der Waals surface area contributed by atoms with Gasteiger partial charge in [-0.1, -0.05) is 19.1 Å². The second-order valence-corrected chi connectivity index (χ2v) is 3.55. The molecule has 0 unspecified atom stereocenters. The van der Waals surface area contributed by atoms with Gasteiger partial charge in [0.25, 0.3) is 5.70 Å². The first-order chi connectivity index (χ1) is 8.71. The molecule has 4 heteroatoms. The third-order valence-corrected chi connectivity index (χ3v) is 2.19. The summed E-state index contributed by atoms with van der Waals surface area (Å²) in [5.74, 6) is 0.146. The van der Waals surface area contributed by atoms with Crippen LogP contribution in [0.3, 0.4) is 0 Å². The lowest BCUT2D eigenvalue weighted by Gasteiger charge is -2.02. The van der Waals surface area contributed by atoms with E-state index in [2.05, 4.69) is 4.85 Å². The number of benzene rings is 1. The largest absolute Gasteiger partial charge is 0.497 e. The van der Waals surface area contributed by atoms with Crippen molar-refractivity contribution in [3.63, 3.8) is 0 Å². The Balaban J connectivity index is 2.83. The zero-order valence-electron chi connectivity index (χ0n) is 10.5. The first kappa shape index (κ1) is 13.8. The van der Waals surface area contributed by atoms with E-state index in [9.17, 15) is 4.79 Å². The van der Waals surface area contributed by atoms with Crippen molar-refractivity contribution in [2.45, 2.75) is 13.3 Å². The third-order valence-electron chi connectivity index (χ3n) is 2.19. The van der Waals surface area contributed by atoms with E-state index < -0.39 is 5.97 Å². The van der Waals surface area contributed by atoms with Crippen LogP contribution in [0.25, 0.3) is 10.9 Å². The molecule has 0 atom stereocenters. The van der Waals surface area contributed by atoms with Crippen molar-refractivity contribution >= 4 is 12.0 Å². The van der Waals surface area contributed by atoms with Crippen molar-refractivity contribution in [2.24, 2.45) is 0 Å². The summed E-state index contributed by atoms with van der Waals surface area (Å²) in [4.78, 5) is 14.7. The van der Waals surface area contributed by atoms with Gasteiger partial charge in [-0.2, -0.15) is 0 Å². The lowest BCUT2D eigenvalue weighted by molar-refractivity contribution is -0.138. The predicted molar refractivity (Wildman–Crippen MR) is 68.8 cm³/mol. The predicted octanol–water partition coefficient (Wildman–Crippen LogP) is 2.91. The van der Waals surface area contributed by atoms with E-state index in [-0.39, 0.29) is 5.70 Å². The van der Waals surface area contributed by atoms with Crippen LogP contribution in [0.5, 0.6) is 5.75 Å². The maximum atomic E-state index is 11.5. The fourth-order valence-corrected chi connectivity index (χ4v) is 1.26. The molecule has 0 saturated carbocycles. The molecule has 1 aromatic rings. The molecule has 0 aromatic heterocycles. The molecule has 0 amide bonds. The van der Waals surface area contributed by atoms with Crippen molar-refractivity contribution in [3.05, 3.63) is 46.9 Å². The summed E-state index contributed by atoms with van der Waals surface area (Å²) in [6.07, 6.45) is 2.24. The number of hydrogen-bond donors (Lipinski definition) is 0. The van der Waals surface area contributed by atoms with Gasteiger partial charge >= 0.3 is 5.97 Å². The molecule has 0 aliphatic heterocycles. The third kappa shape index (κ3) is 3.95. The standard InChI is InChI=1S/C14H15NO3/c1-4-9-18-14(16)13(15-2)10-11-5-7-12(17-3)8-6-11/h5-8,10H,4,9H2,1,3H3. The topological polar surface area (TPSA) is 39.9 Å². The Kier molecular flexibility index (Phi) is 5.46. The molecule has 18 heavy (non-hydrogen) atoms. The summed E-state index contributed by atoms with van der Waals surface area (Å²) in [5, 5.41) is 0. The smallest absolute Gasteiger partial charge is 0.336 e. The molecule has 0 aliphatic rings. The molecule has 0 heterocycles. The Bertz CT molecular complexity index is 469. The fraction of sp³-hybridized carbons (Fsp3) is 0.286. The Morgan fingerprint density at radius 3 is 2.56 bits per heavy atom. The minimum Gasteiger partial charge on any atom is -0.497 e. The monoisotopic (exact) mass is 245 g/mol. The molecular formula is C14H15NO3. The van der Waals surface area contributed by atoms with Gasteiger partial charge in [-0.05, 0) is 30.2 Å². The molecule has 1 rings (SSSR count). The number of rotatable bonds is 5. The average molecular weight is 245 g/mol. The lowest BCUT2D eigenvalue weighted by Crippen LogP contribution is -2.06. The molecule has 4 nitrogen and oxygen atoms in total. The highest BCUT2D eigenvalue weighted by molar-refractivity contribution is 5.95. The zero-order valence-corrected chi connectivity index (χ0v) is 10.5. The SMILES string of the molecule is [C-]#[N+]C(=Cc1ccc(OC)cc1)C(=O)OCCC. The van der Waals surface area contributed by atoms with Gasteiger partial charge in [0.1, 0.15) is 5.75 Å². The second-order valence-electron chi connectivity index (χ2n) is 3.55. The molecule has 0 spiro atoms. The summed E-state index contributed by atoms with van der Waals surface area (Å²) in [5.41, 5.74) is 0.740. The van der Waals surface area contributed by atoms with Crippen LogP contribution in [0.1, 0.15) is 18.9 Å². The van der Waals surface area contributed by atoms with Crippen molar-refractivity contribution in [3.8, 4) is 5.75 Å². The molecule has 0 N–H and O–H groups in total. The summed E-state index contributed by atoms with van der Waals surface area (Å²) in [6.45, 7) is 9.21. The second kappa shape index (κ2) is 7.13. The average Bonchev–Trinajstić information content (AvgIpc) is 2.42. The van der Waals surface area contributed by atoms with Gasteiger partial charge in [0.2, 0.25) is 0 Å². The van der Waals surface area contributed by atoms with Gasteiger partial charge in [0.15, 0.2) is 0 Å². The molecule has 0 radical (unpaired) electrons. The van der Waals surface area contributed by atoms with E-state index >= 15 is 0 Å². The van der Waals surface area contributed by atoms with E-state index in [4.69, 9.17) is 16.0 Å². The number of nitrogens with zero attached hydrogens (tertiary/aromatic N) is 1. The van der Waals surface area contributed by atoms with Gasteiger partial charge in [-0.15, -0.1) is 0 Å². The highest BCUT2D eigenvalue weighted by Crippen LogP contribution is 2.15. The summed E-state index contributed by atoms with van der Waals surface area (Å²) < 4.78 is 9.94. The number of carbonyl (C=O) groups is 1. The van der Waals surface area contributed by atoms with Crippen molar-refractivity contribution in [1.82, 2.24) is 0 Å². The highest BCUT2D eigenvalue weighted by Gasteiger charge is 2.10. The highest BCUT2D eigenvalue weighted by atomic mass is 16.5. The van der Waals surface area contributed by atoms with Gasteiger partial charge in [-0.3, -0.25) is 4.79 Å². The summed E-state index contributed by atoms with van der Waals surface area (Å²) in [7, 11) is 1.58. The van der Waals surface area contributed by atoms with E-state index in [0.717, 1.165) is 17.7 Å². The van der Waals surface area contributed by atoms with Crippen LogP contribution in [0.15, 0.2) is 30.0 Å². The number of carbonyl (C=O) groups excluding carboxylic acids is 1. The Morgan fingerprint density at radius 1 is 1.39 bits per heavy atom. The van der Waals surface area contributed by atoms with Gasteiger partial charge < -0.3 is 9.47 Å². The van der Waals surface area contributed by atoms with Gasteiger partial charge in [0.05, 0.1) is 20.3 Å². The lowest BCUT2D eigenvalue weighted by atomic mass is 10.2. The van der Waals surface area contributed by atoms with E-state index in [1.165, 1.54) is 6.08 Å². The van der Waals surface area contributed by atoms with Crippen LogP contribution in [-0.2, 0) is 9.53 Å². The van der Waals surface area contributed by atoms with Crippen LogP contribution in [-0.4, -0.2) is 19.7 Å². The quantitative estimate of drug-likeness (QED) is 0.455. The number of esters is 1. The van der Waals surface area contributed by atoms with Crippen molar-refractivity contribution in [1.29, 1.82) is 0 Å². The van der Waals surface area contributed by atoms with Crippen molar-refractivity contribution < 1.29 is 14.3 Å². The van der Waals surface area contributed by atoms with Crippen molar-refractivity contribution in [2.75, 3.05) is 13.7 Å². The molecule has 0 fully saturated rings. The molecule has 0 aliphatic carbocycles. The Labute approximate surface area is 107 Å². The Hall–Kier alpha value is -2.28. The van der Waals surface area contributed by atoms with E-state index in [0.29, 0.717) is 6.61 Å². The molecule has 94 valence electrons. The summed E-state index contributed by atoms with van der Waals surface area (Å²) >= 11 is 0. The molecular weight excluding hydrogens is 230 g/mol. The first-order valence-corrected chi connectivity index (χ1v) is 5.61. The van der Waals surface area contributed by atoms with Crippen LogP contribution < -0.4 is 4.74 Å². The number of methoxy groups -OCH3 is 1. The van der Waals surface area contributed by atoms with Crippen LogP contribution >= 0.6 is 0 Å². The van der Waals surface area contributed by atoms with Crippen LogP contribution in [0.2, 0.25) is 0 Å². The molecule has 0 saturated heterocycles. The minimum absolute atomic E-state index is 0.0198. The Morgan fingerprint density at radius 2 is 2.06 bits per heavy atom. The maximum Gasteiger partial charge on any atom is 0.336 e. The number of hydrogen-bond acceptors (Lipinski definition) is 3. The fourth-order valence-electron chi connectivity index (χ4n) is 1.26. The van der Waals surface area contributed by atoms with Gasteiger partial charge in [0, 0.05) is 0 Å². The van der Waals surface area contributed by atoms with E-state index in [1.807, 2.05) is 6.92 Å². The normalized spacial score (nSPS) is 10.6. The van der Waals surface area contributed by atoms with Crippen LogP contribution in [0.4, 0.5) is 0 Å². The van der Waals surface area contributed by atoms with E-state index in [1.54, 1.807) is 31.4 Å². The molecule has 1 aromatic carbocycles. The molecule has 0 bridgehead atoms. The maximum absolute atomic E-state index is 11.5. The first-order valence-electron chi connectivity index (χ1n) is 5.61.